The SMILES string of the molecule is CCC1Nc2cc(Cl)c(F)cc2OC1c1ccccc1. The number of fused-ring (bicyclic) bond motifs is 1. The van der Waals surface area contributed by atoms with Crippen LogP contribution in [0.3, 0.4) is 0 Å². The monoisotopic (exact) mass is 291 g/mol. The summed E-state index contributed by atoms with van der Waals surface area (Å²) in [7, 11) is 0. The molecule has 0 amide bonds. The van der Waals surface area contributed by atoms with Crippen molar-refractivity contribution in [2.45, 2.75) is 25.5 Å². The Balaban J connectivity index is 1.99. The van der Waals surface area contributed by atoms with Crippen LogP contribution in [0.4, 0.5) is 10.1 Å². The van der Waals surface area contributed by atoms with Gasteiger partial charge in [-0.3, -0.25) is 0 Å². The van der Waals surface area contributed by atoms with Crippen molar-refractivity contribution < 1.29 is 9.13 Å². The molecule has 1 N–H and O–H groups in total. The maximum absolute atomic E-state index is 13.6. The van der Waals surface area contributed by atoms with E-state index >= 15 is 0 Å². The van der Waals surface area contributed by atoms with Crippen LogP contribution in [0.1, 0.15) is 25.0 Å². The molecule has 0 fully saturated rings. The lowest BCUT2D eigenvalue weighted by Crippen LogP contribution is -2.34. The predicted octanol–water partition coefficient (Wildman–Crippen LogP) is 4.80. The van der Waals surface area contributed by atoms with Gasteiger partial charge in [-0.1, -0.05) is 48.9 Å². The summed E-state index contributed by atoms with van der Waals surface area (Å²) in [5, 5.41) is 3.49. The van der Waals surface area contributed by atoms with Crippen LogP contribution in [0.25, 0.3) is 0 Å². The second-order valence-corrected chi connectivity index (χ2v) is 5.28. The smallest absolute Gasteiger partial charge is 0.146 e. The van der Waals surface area contributed by atoms with E-state index < -0.39 is 5.82 Å². The van der Waals surface area contributed by atoms with Crippen molar-refractivity contribution in [3.8, 4) is 5.75 Å². The van der Waals surface area contributed by atoms with Crippen LogP contribution in [-0.4, -0.2) is 6.04 Å². The number of ether oxygens (including phenoxy) is 1. The molecule has 2 unspecified atom stereocenters. The summed E-state index contributed by atoms with van der Waals surface area (Å²) in [5.41, 5.74) is 1.82. The van der Waals surface area contributed by atoms with Crippen molar-refractivity contribution in [2.24, 2.45) is 0 Å². The Bertz CT molecular complexity index is 617. The molecular formula is C16H15ClFNO. The Labute approximate surface area is 122 Å². The van der Waals surface area contributed by atoms with Gasteiger partial charge in [-0.05, 0) is 18.1 Å². The first-order valence-corrected chi connectivity index (χ1v) is 7.04. The highest BCUT2D eigenvalue weighted by molar-refractivity contribution is 6.31. The molecule has 0 saturated carbocycles. The van der Waals surface area contributed by atoms with Crippen molar-refractivity contribution in [2.75, 3.05) is 5.32 Å². The summed E-state index contributed by atoms with van der Waals surface area (Å²) in [6, 6.07) is 13.0. The maximum Gasteiger partial charge on any atom is 0.146 e. The second-order valence-electron chi connectivity index (χ2n) is 4.87. The van der Waals surface area contributed by atoms with Gasteiger partial charge in [0.25, 0.3) is 0 Å². The summed E-state index contributed by atoms with van der Waals surface area (Å²) in [4.78, 5) is 0. The Morgan fingerprint density at radius 1 is 1.25 bits per heavy atom. The van der Waals surface area contributed by atoms with Gasteiger partial charge in [0.2, 0.25) is 0 Å². The first-order chi connectivity index (χ1) is 9.69. The molecule has 2 nitrogen and oxygen atoms in total. The van der Waals surface area contributed by atoms with E-state index in [1.807, 2.05) is 30.3 Å². The molecule has 104 valence electrons. The summed E-state index contributed by atoms with van der Waals surface area (Å²) in [6.45, 7) is 2.09. The molecule has 0 radical (unpaired) electrons. The fourth-order valence-electron chi connectivity index (χ4n) is 2.49. The van der Waals surface area contributed by atoms with Gasteiger partial charge in [-0.15, -0.1) is 0 Å². The van der Waals surface area contributed by atoms with E-state index in [2.05, 4.69) is 12.2 Å². The van der Waals surface area contributed by atoms with Crippen LogP contribution >= 0.6 is 11.6 Å². The summed E-state index contributed by atoms with van der Waals surface area (Å²) >= 11 is 5.82. The van der Waals surface area contributed by atoms with E-state index in [0.717, 1.165) is 17.7 Å². The molecule has 2 aromatic carbocycles. The zero-order valence-corrected chi connectivity index (χ0v) is 11.8. The number of halogens is 2. The normalized spacial score (nSPS) is 20.8. The highest BCUT2D eigenvalue weighted by Crippen LogP contribution is 2.40. The first-order valence-electron chi connectivity index (χ1n) is 6.66. The van der Waals surface area contributed by atoms with Gasteiger partial charge >= 0.3 is 0 Å². The molecule has 2 aromatic rings. The third-order valence-electron chi connectivity index (χ3n) is 3.55. The van der Waals surface area contributed by atoms with Gasteiger partial charge < -0.3 is 10.1 Å². The molecule has 0 spiro atoms. The van der Waals surface area contributed by atoms with Crippen molar-refractivity contribution in [3.05, 3.63) is 58.9 Å². The standard InChI is InChI=1S/C16H15ClFNO/c1-2-13-16(10-6-4-3-5-7-10)20-15-9-12(18)11(17)8-14(15)19-13/h3-9,13,16,19H,2H2,1H3. The van der Waals surface area contributed by atoms with Crippen LogP contribution in [0.15, 0.2) is 42.5 Å². The fourth-order valence-corrected chi connectivity index (χ4v) is 2.66. The third kappa shape index (κ3) is 2.34. The quantitative estimate of drug-likeness (QED) is 0.858. The second kappa shape index (κ2) is 5.33. The Morgan fingerprint density at radius 2 is 2.00 bits per heavy atom. The molecule has 0 aromatic heterocycles. The average molecular weight is 292 g/mol. The molecular weight excluding hydrogens is 277 g/mol. The van der Waals surface area contributed by atoms with E-state index in [9.17, 15) is 4.39 Å². The first kappa shape index (κ1) is 13.3. The van der Waals surface area contributed by atoms with E-state index in [4.69, 9.17) is 16.3 Å². The number of benzene rings is 2. The van der Waals surface area contributed by atoms with E-state index in [-0.39, 0.29) is 17.2 Å². The van der Waals surface area contributed by atoms with Gasteiger partial charge in [-0.2, -0.15) is 0 Å². The topological polar surface area (TPSA) is 21.3 Å². The van der Waals surface area contributed by atoms with Crippen LogP contribution in [0.5, 0.6) is 5.75 Å². The van der Waals surface area contributed by atoms with Crippen molar-refractivity contribution in [1.29, 1.82) is 0 Å². The van der Waals surface area contributed by atoms with Crippen LogP contribution in [-0.2, 0) is 0 Å². The zero-order chi connectivity index (χ0) is 14.1. The van der Waals surface area contributed by atoms with Gasteiger partial charge in [-0.25, -0.2) is 4.39 Å². The van der Waals surface area contributed by atoms with Gasteiger partial charge in [0.15, 0.2) is 0 Å². The highest BCUT2D eigenvalue weighted by atomic mass is 35.5. The number of rotatable bonds is 2. The molecule has 0 bridgehead atoms. The Hall–Kier alpha value is -1.74. The predicted molar refractivity (Wildman–Crippen MR) is 78.9 cm³/mol. The van der Waals surface area contributed by atoms with Crippen LogP contribution in [0.2, 0.25) is 5.02 Å². The van der Waals surface area contributed by atoms with E-state index in [1.165, 1.54) is 6.07 Å². The largest absolute Gasteiger partial charge is 0.481 e. The minimum Gasteiger partial charge on any atom is -0.481 e. The molecule has 4 heteroatoms. The van der Waals surface area contributed by atoms with Gasteiger partial charge in [0.05, 0.1) is 16.8 Å². The molecule has 0 saturated heterocycles. The fraction of sp³-hybridized carbons (Fsp3) is 0.250. The third-order valence-corrected chi connectivity index (χ3v) is 3.84. The van der Waals surface area contributed by atoms with Crippen molar-refractivity contribution in [1.82, 2.24) is 0 Å². The number of nitrogens with one attached hydrogen (secondary N) is 1. The Morgan fingerprint density at radius 3 is 2.70 bits per heavy atom. The Kier molecular flexibility index (Phi) is 3.53. The number of hydrogen-bond donors (Lipinski definition) is 1. The molecule has 0 aliphatic carbocycles. The summed E-state index contributed by atoms with van der Waals surface area (Å²) < 4.78 is 19.6. The molecule has 1 aliphatic heterocycles. The lowest BCUT2D eigenvalue weighted by molar-refractivity contribution is 0.168. The van der Waals surface area contributed by atoms with E-state index in [0.29, 0.717) is 5.75 Å². The number of hydrogen-bond acceptors (Lipinski definition) is 2. The van der Waals surface area contributed by atoms with Crippen molar-refractivity contribution in [3.63, 3.8) is 0 Å². The van der Waals surface area contributed by atoms with Crippen molar-refractivity contribution >= 4 is 17.3 Å². The lowest BCUT2D eigenvalue weighted by atomic mass is 9.98. The minimum absolute atomic E-state index is 0.105. The lowest BCUT2D eigenvalue weighted by Gasteiger charge is -2.35. The average Bonchev–Trinajstić information content (AvgIpc) is 2.48. The molecule has 20 heavy (non-hydrogen) atoms. The van der Waals surface area contributed by atoms with Gasteiger partial charge in [0.1, 0.15) is 17.7 Å². The maximum atomic E-state index is 13.6. The zero-order valence-electron chi connectivity index (χ0n) is 11.1. The molecule has 1 aliphatic rings. The molecule has 2 atom stereocenters. The summed E-state index contributed by atoms with van der Waals surface area (Å²) in [6.07, 6.45) is 0.767. The molecule has 1 heterocycles. The van der Waals surface area contributed by atoms with Crippen LogP contribution in [0, 0.1) is 5.82 Å². The van der Waals surface area contributed by atoms with Crippen LogP contribution < -0.4 is 10.1 Å². The number of anilines is 1. The van der Waals surface area contributed by atoms with Gasteiger partial charge in [0, 0.05) is 6.07 Å². The molecule has 3 rings (SSSR count). The summed E-state index contributed by atoms with van der Waals surface area (Å²) in [5.74, 6) is 0.0411. The minimum atomic E-state index is -0.464. The van der Waals surface area contributed by atoms with E-state index in [1.54, 1.807) is 6.07 Å². The highest BCUT2D eigenvalue weighted by Gasteiger charge is 2.30.